The van der Waals surface area contributed by atoms with E-state index in [1.807, 2.05) is 45.0 Å². The van der Waals surface area contributed by atoms with Gasteiger partial charge in [0.1, 0.15) is 15.8 Å². The molecule has 188 valence electrons. The first-order chi connectivity index (χ1) is 17.2. The third-order valence-electron chi connectivity index (χ3n) is 5.51. The van der Waals surface area contributed by atoms with E-state index in [1.54, 1.807) is 24.4 Å². The van der Waals surface area contributed by atoms with Crippen molar-refractivity contribution in [1.82, 2.24) is 14.3 Å². The molecule has 1 aromatic carbocycles. The number of benzene rings is 1. The first-order valence-corrected chi connectivity index (χ1v) is 13.2. The average Bonchev–Trinajstić information content (AvgIpc) is 3.10. The van der Waals surface area contributed by atoms with Gasteiger partial charge in [0.25, 0.3) is 11.5 Å². The minimum absolute atomic E-state index is 0.153. The number of thiocarbonyl (C=S) groups is 1. The summed E-state index contributed by atoms with van der Waals surface area (Å²) in [5, 5.41) is 3.83. The lowest BCUT2D eigenvalue weighted by Gasteiger charge is -2.15. The van der Waals surface area contributed by atoms with Gasteiger partial charge in [0.05, 0.1) is 23.1 Å². The zero-order valence-electron chi connectivity index (χ0n) is 20.3. The number of fused-ring (bicyclic) bond motifs is 1. The fourth-order valence-electron chi connectivity index (χ4n) is 3.69. The number of rotatable bonds is 9. The molecular formula is C26H27ClN4O3S2. The zero-order valence-corrected chi connectivity index (χ0v) is 22.7. The Kier molecular flexibility index (Phi) is 8.46. The third kappa shape index (κ3) is 5.98. The molecule has 1 N–H and O–H groups in total. The molecule has 0 bridgehead atoms. The summed E-state index contributed by atoms with van der Waals surface area (Å²) in [6.45, 7) is 7.30. The van der Waals surface area contributed by atoms with Gasteiger partial charge in [-0.25, -0.2) is 4.98 Å². The van der Waals surface area contributed by atoms with Gasteiger partial charge in [-0.3, -0.25) is 18.9 Å². The van der Waals surface area contributed by atoms with Crippen LogP contribution in [0.5, 0.6) is 0 Å². The minimum atomic E-state index is -0.269. The number of aromatic nitrogens is 2. The van der Waals surface area contributed by atoms with E-state index in [-0.39, 0.29) is 24.1 Å². The average molecular weight is 543 g/mol. The van der Waals surface area contributed by atoms with Crippen molar-refractivity contribution < 1.29 is 9.53 Å². The molecule has 1 fully saturated rings. The number of hydrogen-bond acceptors (Lipinski definition) is 7. The summed E-state index contributed by atoms with van der Waals surface area (Å²) in [4.78, 5) is 33.3. The number of nitrogens with one attached hydrogen (secondary N) is 1. The number of halogens is 1. The van der Waals surface area contributed by atoms with E-state index in [2.05, 4.69) is 10.3 Å². The van der Waals surface area contributed by atoms with E-state index in [4.69, 9.17) is 28.6 Å². The van der Waals surface area contributed by atoms with Gasteiger partial charge in [0.15, 0.2) is 0 Å². The number of pyridine rings is 1. The number of carbonyl (C=O) groups excluding carboxylic acids is 1. The molecule has 1 aliphatic rings. The first kappa shape index (κ1) is 26.3. The highest BCUT2D eigenvalue weighted by atomic mass is 35.5. The van der Waals surface area contributed by atoms with Crippen LogP contribution in [0.2, 0.25) is 5.02 Å². The molecule has 7 nitrogen and oxygen atoms in total. The smallest absolute Gasteiger partial charge is 0.267 e. The fourth-order valence-corrected chi connectivity index (χ4v) is 5.12. The predicted octanol–water partition coefficient (Wildman–Crippen LogP) is 5.28. The highest BCUT2D eigenvalue weighted by molar-refractivity contribution is 8.26. The van der Waals surface area contributed by atoms with Crippen LogP contribution < -0.4 is 10.9 Å². The molecule has 36 heavy (non-hydrogen) atoms. The Labute approximate surface area is 224 Å². The molecule has 0 radical (unpaired) electrons. The molecule has 2 aromatic heterocycles. The van der Waals surface area contributed by atoms with E-state index in [0.717, 1.165) is 29.3 Å². The number of nitrogens with zero attached hydrogens (tertiary/aromatic N) is 3. The van der Waals surface area contributed by atoms with Crippen LogP contribution in [0.1, 0.15) is 37.0 Å². The molecule has 10 heteroatoms. The number of carbonyl (C=O) groups is 1. The van der Waals surface area contributed by atoms with Crippen molar-refractivity contribution in [3.8, 4) is 0 Å². The molecule has 0 saturated carbocycles. The van der Waals surface area contributed by atoms with E-state index in [0.29, 0.717) is 44.4 Å². The monoisotopic (exact) mass is 542 g/mol. The fraction of sp³-hybridized carbons (Fsp3) is 0.308. The maximum atomic E-state index is 13.5. The van der Waals surface area contributed by atoms with Crippen LogP contribution in [-0.4, -0.2) is 43.8 Å². The molecule has 4 rings (SSSR count). The summed E-state index contributed by atoms with van der Waals surface area (Å²) in [5.41, 5.74) is 2.29. The van der Waals surface area contributed by atoms with Crippen molar-refractivity contribution in [2.45, 2.75) is 39.8 Å². The Morgan fingerprint density at radius 1 is 1.22 bits per heavy atom. The van der Waals surface area contributed by atoms with Gasteiger partial charge < -0.3 is 10.1 Å². The third-order valence-corrected chi connectivity index (χ3v) is 7.25. The quantitative estimate of drug-likeness (QED) is 0.224. The Hall–Kier alpha value is -2.72. The summed E-state index contributed by atoms with van der Waals surface area (Å²) < 4.78 is 7.52. The SMILES string of the molecule is Cc1ccc2nc(NCCCOC(C)C)c(C=C3SC(=S)N(Cc4ccccc4Cl)C3=O)c(=O)n2c1. The van der Waals surface area contributed by atoms with Crippen molar-refractivity contribution >= 4 is 63.3 Å². The highest BCUT2D eigenvalue weighted by Gasteiger charge is 2.33. The highest BCUT2D eigenvalue weighted by Crippen LogP contribution is 2.34. The molecule has 1 amide bonds. The van der Waals surface area contributed by atoms with Gasteiger partial charge in [-0.15, -0.1) is 0 Å². The molecule has 0 unspecified atom stereocenters. The van der Waals surface area contributed by atoms with Crippen molar-refractivity contribution in [3.63, 3.8) is 0 Å². The number of aryl methyl sites for hydroxylation is 1. The normalized spacial score (nSPS) is 15.0. The Morgan fingerprint density at radius 2 is 2.00 bits per heavy atom. The van der Waals surface area contributed by atoms with Gasteiger partial charge in [-0.2, -0.15) is 0 Å². The van der Waals surface area contributed by atoms with Gasteiger partial charge in [0, 0.05) is 24.4 Å². The molecular weight excluding hydrogens is 516 g/mol. The second-order valence-corrected chi connectivity index (χ2v) is 10.8. The van der Waals surface area contributed by atoms with Crippen LogP contribution in [0.15, 0.2) is 52.3 Å². The molecule has 1 saturated heterocycles. The lowest BCUT2D eigenvalue weighted by atomic mass is 10.2. The van der Waals surface area contributed by atoms with Crippen LogP contribution in [0.25, 0.3) is 11.7 Å². The number of ether oxygens (including phenoxy) is 1. The summed E-state index contributed by atoms with van der Waals surface area (Å²) in [6.07, 6.45) is 4.22. The van der Waals surface area contributed by atoms with Gasteiger partial charge in [-0.05, 0) is 56.5 Å². The van der Waals surface area contributed by atoms with Gasteiger partial charge in [0.2, 0.25) is 0 Å². The van der Waals surface area contributed by atoms with Gasteiger partial charge >= 0.3 is 0 Å². The zero-order chi connectivity index (χ0) is 25.8. The maximum Gasteiger partial charge on any atom is 0.267 e. The summed E-state index contributed by atoms with van der Waals surface area (Å²) in [6, 6.07) is 11.0. The summed E-state index contributed by atoms with van der Waals surface area (Å²) in [7, 11) is 0. The minimum Gasteiger partial charge on any atom is -0.379 e. The standard InChI is InChI=1S/C26H27ClN4O3S2/c1-16(2)34-12-6-11-28-23-19(24(32)30-14-17(3)9-10-22(30)29-23)13-21-25(33)31(26(35)36-21)15-18-7-4-5-8-20(18)27/h4-5,7-10,13-14,16,28H,6,11-12,15H2,1-3H3. The maximum absolute atomic E-state index is 13.5. The van der Waals surface area contributed by atoms with Crippen LogP contribution in [0.3, 0.4) is 0 Å². The lowest BCUT2D eigenvalue weighted by Crippen LogP contribution is -2.27. The van der Waals surface area contributed by atoms with Crippen molar-refractivity contribution in [1.29, 1.82) is 0 Å². The van der Waals surface area contributed by atoms with Crippen LogP contribution in [0.4, 0.5) is 5.82 Å². The number of amides is 1. The number of hydrogen-bond donors (Lipinski definition) is 1. The summed E-state index contributed by atoms with van der Waals surface area (Å²) >= 11 is 12.9. The molecule has 0 spiro atoms. The Morgan fingerprint density at radius 3 is 2.75 bits per heavy atom. The topological polar surface area (TPSA) is 75.9 Å². The molecule has 3 aromatic rings. The molecule has 3 heterocycles. The summed E-state index contributed by atoms with van der Waals surface area (Å²) in [5.74, 6) is 0.153. The van der Waals surface area contributed by atoms with E-state index in [1.165, 1.54) is 9.30 Å². The van der Waals surface area contributed by atoms with E-state index in [9.17, 15) is 9.59 Å². The number of anilines is 1. The number of thioether (sulfide) groups is 1. The lowest BCUT2D eigenvalue weighted by molar-refractivity contribution is -0.122. The Bertz CT molecular complexity index is 1400. The largest absolute Gasteiger partial charge is 0.379 e. The van der Waals surface area contributed by atoms with Crippen LogP contribution in [-0.2, 0) is 16.1 Å². The van der Waals surface area contributed by atoms with Crippen molar-refractivity contribution in [2.75, 3.05) is 18.5 Å². The van der Waals surface area contributed by atoms with Crippen molar-refractivity contribution in [2.24, 2.45) is 0 Å². The molecule has 1 aliphatic heterocycles. The molecule has 0 aliphatic carbocycles. The first-order valence-electron chi connectivity index (χ1n) is 11.6. The second kappa shape index (κ2) is 11.6. The van der Waals surface area contributed by atoms with Gasteiger partial charge in [-0.1, -0.05) is 59.8 Å². The van der Waals surface area contributed by atoms with E-state index < -0.39 is 0 Å². The van der Waals surface area contributed by atoms with Crippen molar-refractivity contribution in [3.05, 3.63) is 79.6 Å². The van der Waals surface area contributed by atoms with Crippen LogP contribution in [0, 0.1) is 6.92 Å². The van der Waals surface area contributed by atoms with Crippen LogP contribution >= 0.6 is 35.6 Å². The Balaban J connectivity index is 1.66. The second-order valence-electron chi connectivity index (χ2n) is 8.67. The molecule has 0 atom stereocenters. The predicted molar refractivity (Wildman–Crippen MR) is 151 cm³/mol. The van der Waals surface area contributed by atoms with E-state index >= 15 is 0 Å².